The maximum absolute atomic E-state index is 12.0. The number of nitro groups is 1. The maximum atomic E-state index is 12.0. The van der Waals surface area contributed by atoms with Crippen molar-refractivity contribution in [2.24, 2.45) is 0 Å². The van der Waals surface area contributed by atoms with E-state index in [2.05, 4.69) is 4.98 Å². The van der Waals surface area contributed by atoms with Gasteiger partial charge in [-0.15, -0.1) is 0 Å². The van der Waals surface area contributed by atoms with Gasteiger partial charge in [-0.05, 0) is 26.8 Å². The van der Waals surface area contributed by atoms with E-state index < -0.39 is 30.2 Å². The molecule has 0 aliphatic rings. The molecule has 0 saturated heterocycles. The molecular weight excluding hydrogens is 232 g/mol. The number of nitrogens with zero attached hydrogens (tertiary/aromatic N) is 2. The molecule has 0 saturated carbocycles. The molecule has 0 bridgehead atoms. The van der Waals surface area contributed by atoms with Gasteiger partial charge in [0.15, 0.2) is 0 Å². The summed E-state index contributed by atoms with van der Waals surface area (Å²) in [6.45, 7) is 4.42. The predicted molar refractivity (Wildman–Crippen MR) is 57.8 cm³/mol. The van der Waals surface area contributed by atoms with Gasteiger partial charge in [0.25, 0.3) is 0 Å². The second kappa shape index (κ2) is 3.82. The van der Waals surface area contributed by atoms with Crippen molar-refractivity contribution < 1.29 is 13.3 Å². The Labute approximate surface area is 93.4 Å². The summed E-state index contributed by atoms with van der Waals surface area (Å²) >= 11 is 0. The van der Waals surface area contributed by atoms with Crippen molar-refractivity contribution in [3.63, 3.8) is 0 Å². The van der Waals surface area contributed by atoms with Gasteiger partial charge in [0.1, 0.15) is 0 Å². The fourth-order valence-electron chi connectivity index (χ4n) is 1.02. The van der Waals surface area contributed by atoms with Crippen molar-refractivity contribution in [1.82, 2.24) is 4.98 Å². The summed E-state index contributed by atoms with van der Waals surface area (Å²) in [6, 6.07) is 2.46. The van der Waals surface area contributed by atoms with Gasteiger partial charge in [-0.25, -0.2) is 13.4 Å². The lowest BCUT2D eigenvalue weighted by atomic mass is 10.3. The van der Waals surface area contributed by atoms with Crippen molar-refractivity contribution in [1.29, 1.82) is 0 Å². The number of hydrogen-bond acceptors (Lipinski definition) is 5. The lowest BCUT2D eigenvalue weighted by Crippen LogP contribution is -2.29. The maximum Gasteiger partial charge on any atom is 0.306 e. The first kappa shape index (κ1) is 12.6. The minimum Gasteiger partial charge on any atom is -0.258 e. The van der Waals surface area contributed by atoms with Gasteiger partial charge in [0, 0.05) is 12.3 Å². The number of hydrogen-bond donors (Lipinski definition) is 0. The minimum absolute atomic E-state index is 0.479. The number of sulfone groups is 1. The van der Waals surface area contributed by atoms with Crippen LogP contribution < -0.4 is 0 Å². The zero-order valence-corrected chi connectivity index (χ0v) is 9.98. The molecule has 0 radical (unpaired) electrons. The molecule has 1 heterocycles. The van der Waals surface area contributed by atoms with E-state index in [-0.39, 0.29) is 0 Å². The van der Waals surface area contributed by atoms with E-state index in [4.69, 9.17) is 0 Å². The highest BCUT2D eigenvalue weighted by Gasteiger charge is 2.37. The monoisotopic (exact) mass is 244 g/mol. The van der Waals surface area contributed by atoms with Gasteiger partial charge < -0.3 is 0 Å². The standard InChI is InChI=1S/C9H12N2O4S/c1-9(2,3)16(14,15)8-7(11(12)13)5-4-6-10-8/h4-6H,1-3H3. The largest absolute Gasteiger partial charge is 0.306 e. The van der Waals surface area contributed by atoms with E-state index >= 15 is 0 Å². The Morgan fingerprint density at radius 3 is 2.38 bits per heavy atom. The fourth-order valence-corrected chi connectivity index (χ4v) is 2.22. The molecule has 0 aromatic carbocycles. The van der Waals surface area contributed by atoms with Crippen molar-refractivity contribution in [3.05, 3.63) is 28.4 Å². The van der Waals surface area contributed by atoms with E-state index in [0.29, 0.717) is 0 Å². The van der Waals surface area contributed by atoms with E-state index in [1.807, 2.05) is 0 Å². The molecule has 1 rings (SSSR count). The molecule has 0 N–H and O–H groups in total. The second-order valence-electron chi connectivity index (χ2n) is 4.20. The SMILES string of the molecule is CC(C)(C)S(=O)(=O)c1ncccc1[N+](=O)[O-]. The highest BCUT2D eigenvalue weighted by atomic mass is 32.2. The minimum atomic E-state index is -3.80. The Balaban J connectivity index is 3.52. The van der Waals surface area contributed by atoms with Crippen LogP contribution in [0.15, 0.2) is 23.4 Å². The number of rotatable bonds is 2. The lowest BCUT2D eigenvalue weighted by Gasteiger charge is -2.17. The molecule has 88 valence electrons. The predicted octanol–water partition coefficient (Wildman–Crippen LogP) is 1.56. The van der Waals surface area contributed by atoms with Crippen LogP contribution in [0, 0.1) is 10.1 Å². The highest BCUT2D eigenvalue weighted by Crippen LogP contribution is 2.29. The Bertz CT molecular complexity index is 517. The van der Waals surface area contributed by atoms with Crippen molar-refractivity contribution in [2.45, 2.75) is 30.5 Å². The van der Waals surface area contributed by atoms with Crippen LogP contribution in [-0.2, 0) is 9.84 Å². The highest BCUT2D eigenvalue weighted by molar-refractivity contribution is 7.92. The molecule has 0 aliphatic heterocycles. The third kappa shape index (κ3) is 2.04. The van der Waals surface area contributed by atoms with E-state index in [1.54, 1.807) is 0 Å². The van der Waals surface area contributed by atoms with Crippen molar-refractivity contribution in [2.75, 3.05) is 0 Å². The number of aromatic nitrogens is 1. The first-order valence-electron chi connectivity index (χ1n) is 4.52. The summed E-state index contributed by atoms with van der Waals surface area (Å²) < 4.78 is 22.9. The van der Waals surface area contributed by atoms with Crippen LogP contribution in [0.25, 0.3) is 0 Å². The molecule has 7 heteroatoms. The van der Waals surface area contributed by atoms with E-state index in [9.17, 15) is 18.5 Å². The van der Waals surface area contributed by atoms with Crippen LogP contribution >= 0.6 is 0 Å². The van der Waals surface area contributed by atoms with Crippen molar-refractivity contribution >= 4 is 15.5 Å². The lowest BCUT2D eigenvalue weighted by molar-refractivity contribution is -0.388. The van der Waals surface area contributed by atoms with Crippen LogP contribution in [0.4, 0.5) is 5.69 Å². The van der Waals surface area contributed by atoms with Crippen molar-refractivity contribution in [3.8, 4) is 0 Å². The molecular formula is C9H12N2O4S. The van der Waals surface area contributed by atoms with Gasteiger partial charge in [0.05, 0.1) is 9.67 Å². The molecule has 0 unspecified atom stereocenters. The summed E-state index contributed by atoms with van der Waals surface area (Å²) in [6.07, 6.45) is 1.23. The summed E-state index contributed by atoms with van der Waals surface area (Å²) in [4.78, 5) is 13.6. The van der Waals surface area contributed by atoms with Gasteiger partial charge in [0.2, 0.25) is 14.9 Å². The Kier molecular flexibility index (Phi) is 3.00. The summed E-state index contributed by atoms with van der Waals surface area (Å²) in [5.41, 5.74) is -0.488. The second-order valence-corrected chi connectivity index (χ2v) is 6.82. The average Bonchev–Trinajstić information content (AvgIpc) is 2.16. The normalized spacial score (nSPS) is 12.4. The van der Waals surface area contributed by atoms with Crippen LogP contribution in [-0.4, -0.2) is 23.1 Å². The molecule has 16 heavy (non-hydrogen) atoms. The van der Waals surface area contributed by atoms with Crippen LogP contribution in [0.2, 0.25) is 0 Å². The molecule has 0 atom stereocenters. The smallest absolute Gasteiger partial charge is 0.258 e. The molecule has 1 aromatic rings. The molecule has 0 aliphatic carbocycles. The zero-order chi connectivity index (χ0) is 12.6. The quantitative estimate of drug-likeness (QED) is 0.581. The van der Waals surface area contributed by atoms with Crippen LogP contribution in [0.5, 0.6) is 0 Å². The summed E-state index contributed by atoms with van der Waals surface area (Å²) in [5.74, 6) is 0. The summed E-state index contributed by atoms with van der Waals surface area (Å²) in [5, 5.41) is 10.2. The third-order valence-corrected chi connectivity index (χ3v) is 4.44. The van der Waals surface area contributed by atoms with E-state index in [0.717, 1.165) is 6.07 Å². The first-order valence-corrected chi connectivity index (χ1v) is 6.00. The Hall–Kier alpha value is -1.50. The molecule has 0 spiro atoms. The van der Waals surface area contributed by atoms with Gasteiger partial charge in [-0.2, -0.15) is 0 Å². The Morgan fingerprint density at radius 1 is 1.38 bits per heavy atom. The van der Waals surface area contributed by atoms with Crippen LogP contribution in [0.1, 0.15) is 20.8 Å². The molecule has 0 amide bonds. The average molecular weight is 244 g/mol. The van der Waals surface area contributed by atoms with Gasteiger partial charge in [-0.1, -0.05) is 0 Å². The third-order valence-electron chi connectivity index (χ3n) is 2.01. The van der Waals surface area contributed by atoms with E-state index in [1.165, 1.54) is 33.0 Å². The number of pyridine rings is 1. The summed E-state index contributed by atoms with van der Waals surface area (Å²) in [7, 11) is -3.80. The fraction of sp³-hybridized carbons (Fsp3) is 0.444. The molecule has 1 aromatic heterocycles. The zero-order valence-electron chi connectivity index (χ0n) is 9.17. The topological polar surface area (TPSA) is 90.2 Å². The molecule has 6 nitrogen and oxygen atoms in total. The molecule has 0 fully saturated rings. The van der Waals surface area contributed by atoms with Gasteiger partial charge in [-0.3, -0.25) is 10.1 Å². The Morgan fingerprint density at radius 2 is 1.94 bits per heavy atom. The first-order chi connectivity index (χ1) is 7.18. The van der Waals surface area contributed by atoms with Crippen LogP contribution in [0.3, 0.4) is 0 Å². The van der Waals surface area contributed by atoms with Gasteiger partial charge >= 0.3 is 5.69 Å².